The summed E-state index contributed by atoms with van der Waals surface area (Å²) in [5, 5.41) is 14.9. The van der Waals surface area contributed by atoms with Gasteiger partial charge in [-0.05, 0) is 18.4 Å². The maximum Gasteiger partial charge on any atom is 0.408 e. The van der Waals surface area contributed by atoms with Crippen LogP contribution in [0.2, 0.25) is 0 Å². The summed E-state index contributed by atoms with van der Waals surface area (Å²) in [5.41, 5.74) is 0.886. The average Bonchev–Trinajstić information content (AvgIpc) is 2.67. The van der Waals surface area contributed by atoms with Gasteiger partial charge in [0.25, 0.3) is 0 Å². The highest BCUT2D eigenvalue weighted by Crippen LogP contribution is 2.06. The van der Waals surface area contributed by atoms with Gasteiger partial charge in [0, 0.05) is 0 Å². The minimum Gasteiger partial charge on any atom is -0.445 e. The molecule has 0 radical (unpaired) electrons. The zero-order valence-corrected chi connectivity index (χ0v) is 15.9. The number of aliphatic hydroxyl groups is 1. The molecule has 0 spiro atoms. The second kappa shape index (κ2) is 13.2. The first-order valence-corrected chi connectivity index (χ1v) is 9.49. The molecule has 3 N–H and O–H groups in total. The van der Waals surface area contributed by atoms with Crippen LogP contribution < -0.4 is 10.6 Å². The summed E-state index contributed by atoms with van der Waals surface area (Å²) in [4.78, 5) is 24.6. The van der Waals surface area contributed by atoms with Crippen LogP contribution in [-0.2, 0) is 16.1 Å². The molecule has 0 aliphatic carbocycles. The molecule has 0 aliphatic rings. The second-order valence-electron chi connectivity index (χ2n) is 6.43. The van der Waals surface area contributed by atoms with Crippen molar-refractivity contribution in [3.05, 3.63) is 35.9 Å². The third kappa shape index (κ3) is 8.85. The molecule has 146 valence electrons. The van der Waals surface area contributed by atoms with Crippen molar-refractivity contribution < 1.29 is 19.4 Å². The molecule has 6 heteroatoms. The highest BCUT2D eigenvalue weighted by molar-refractivity contribution is 5.85. The standard InChI is InChI=1S/C20H32N2O4/c1-3-5-12-17(14-23)21-19(24)18(13-6-4-2)22-20(25)26-15-16-10-8-7-9-11-16/h7-11,17-18,23H,3-6,12-15H2,1-2H3,(H,21,24)(H,22,25)/t17-,18-/m0/s1. The van der Waals surface area contributed by atoms with Gasteiger partial charge in [-0.15, -0.1) is 0 Å². The lowest BCUT2D eigenvalue weighted by Gasteiger charge is -2.22. The lowest BCUT2D eigenvalue weighted by molar-refractivity contribution is -0.124. The normalized spacial score (nSPS) is 12.9. The number of rotatable bonds is 12. The van der Waals surface area contributed by atoms with Gasteiger partial charge in [0.2, 0.25) is 5.91 Å². The van der Waals surface area contributed by atoms with Crippen molar-refractivity contribution >= 4 is 12.0 Å². The van der Waals surface area contributed by atoms with E-state index in [9.17, 15) is 14.7 Å². The van der Waals surface area contributed by atoms with Gasteiger partial charge >= 0.3 is 6.09 Å². The fourth-order valence-corrected chi connectivity index (χ4v) is 2.55. The van der Waals surface area contributed by atoms with Crippen molar-refractivity contribution in [2.75, 3.05) is 6.61 Å². The highest BCUT2D eigenvalue weighted by Gasteiger charge is 2.23. The number of unbranched alkanes of at least 4 members (excludes halogenated alkanes) is 2. The molecule has 1 aromatic carbocycles. The van der Waals surface area contributed by atoms with Crippen LogP contribution in [0, 0.1) is 0 Å². The van der Waals surface area contributed by atoms with Crippen molar-refractivity contribution in [2.24, 2.45) is 0 Å². The minimum absolute atomic E-state index is 0.106. The molecule has 0 saturated carbocycles. The molecule has 0 aliphatic heterocycles. The first-order valence-electron chi connectivity index (χ1n) is 9.49. The van der Waals surface area contributed by atoms with Crippen molar-refractivity contribution in [1.82, 2.24) is 10.6 Å². The van der Waals surface area contributed by atoms with Crippen LogP contribution in [0.1, 0.15) is 57.9 Å². The largest absolute Gasteiger partial charge is 0.445 e. The Morgan fingerprint density at radius 2 is 1.69 bits per heavy atom. The Morgan fingerprint density at radius 3 is 2.31 bits per heavy atom. The Balaban J connectivity index is 2.54. The van der Waals surface area contributed by atoms with E-state index in [0.29, 0.717) is 6.42 Å². The van der Waals surface area contributed by atoms with Gasteiger partial charge in [-0.1, -0.05) is 69.9 Å². The molecule has 0 aromatic heterocycles. The van der Waals surface area contributed by atoms with E-state index in [2.05, 4.69) is 17.6 Å². The third-order valence-corrected chi connectivity index (χ3v) is 4.14. The Kier molecular flexibility index (Phi) is 11.1. The number of hydrogen-bond donors (Lipinski definition) is 3. The number of nitrogens with one attached hydrogen (secondary N) is 2. The van der Waals surface area contributed by atoms with Crippen LogP contribution >= 0.6 is 0 Å². The van der Waals surface area contributed by atoms with Gasteiger partial charge in [0.1, 0.15) is 12.6 Å². The summed E-state index contributed by atoms with van der Waals surface area (Å²) in [7, 11) is 0. The summed E-state index contributed by atoms with van der Waals surface area (Å²) in [6, 6.07) is 8.44. The predicted molar refractivity (Wildman–Crippen MR) is 102 cm³/mol. The van der Waals surface area contributed by atoms with E-state index in [1.165, 1.54) is 0 Å². The van der Waals surface area contributed by atoms with Crippen LogP contribution in [0.4, 0.5) is 4.79 Å². The smallest absolute Gasteiger partial charge is 0.408 e. The number of hydrogen-bond acceptors (Lipinski definition) is 4. The number of alkyl carbamates (subject to hydrolysis) is 1. The van der Waals surface area contributed by atoms with Gasteiger partial charge in [0.05, 0.1) is 12.6 Å². The van der Waals surface area contributed by atoms with Crippen LogP contribution in [0.15, 0.2) is 30.3 Å². The summed E-state index contributed by atoms with van der Waals surface area (Å²) in [6.45, 7) is 4.14. The molecule has 0 bridgehead atoms. The van der Waals surface area contributed by atoms with E-state index in [4.69, 9.17) is 4.74 Å². The first kappa shape index (κ1) is 22.0. The Labute approximate surface area is 156 Å². The molecule has 6 nitrogen and oxygen atoms in total. The Bertz CT molecular complexity index is 522. The van der Waals surface area contributed by atoms with E-state index in [-0.39, 0.29) is 25.2 Å². The summed E-state index contributed by atoms with van der Waals surface area (Å²) in [6.07, 6.45) is 4.30. The Hall–Kier alpha value is -2.08. The van der Waals surface area contributed by atoms with Crippen LogP contribution in [0.3, 0.4) is 0 Å². The van der Waals surface area contributed by atoms with Gasteiger partial charge in [-0.25, -0.2) is 4.79 Å². The molecule has 0 heterocycles. The molecule has 0 unspecified atom stereocenters. The number of benzene rings is 1. The summed E-state index contributed by atoms with van der Waals surface area (Å²) >= 11 is 0. The monoisotopic (exact) mass is 364 g/mol. The predicted octanol–water partition coefficient (Wildman–Crippen LogP) is 3.14. The quantitative estimate of drug-likeness (QED) is 0.532. The van der Waals surface area contributed by atoms with E-state index in [0.717, 1.165) is 37.7 Å². The molecule has 2 amide bonds. The third-order valence-electron chi connectivity index (χ3n) is 4.14. The van der Waals surface area contributed by atoms with E-state index in [1.54, 1.807) is 0 Å². The van der Waals surface area contributed by atoms with Crippen molar-refractivity contribution in [2.45, 2.75) is 71.1 Å². The highest BCUT2D eigenvalue weighted by atomic mass is 16.5. The zero-order valence-electron chi connectivity index (χ0n) is 15.9. The lowest BCUT2D eigenvalue weighted by atomic mass is 10.1. The number of carbonyl (C=O) groups is 2. The number of carbonyl (C=O) groups excluding carboxylic acids is 2. The SMILES string of the molecule is CCCC[C@@H](CO)NC(=O)[C@H](CCCC)NC(=O)OCc1ccccc1. The van der Waals surface area contributed by atoms with Crippen molar-refractivity contribution in [3.63, 3.8) is 0 Å². The molecule has 1 aromatic rings. The molecule has 1 rings (SSSR count). The van der Waals surface area contributed by atoms with Crippen LogP contribution in [-0.4, -0.2) is 35.8 Å². The van der Waals surface area contributed by atoms with Gasteiger partial charge < -0.3 is 20.5 Å². The van der Waals surface area contributed by atoms with Crippen molar-refractivity contribution in [1.29, 1.82) is 0 Å². The maximum absolute atomic E-state index is 12.5. The zero-order chi connectivity index (χ0) is 19.2. The average molecular weight is 364 g/mol. The fourth-order valence-electron chi connectivity index (χ4n) is 2.55. The topological polar surface area (TPSA) is 87.7 Å². The van der Waals surface area contributed by atoms with Gasteiger partial charge in [-0.2, -0.15) is 0 Å². The van der Waals surface area contributed by atoms with E-state index < -0.39 is 12.1 Å². The first-order chi connectivity index (χ1) is 12.6. The van der Waals surface area contributed by atoms with Crippen LogP contribution in [0.25, 0.3) is 0 Å². The number of amides is 2. The van der Waals surface area contributed by atoms with E-state index in [1.807, 2.05) is 37.3 Å². The molecule has 0 saturated heterocycles. The van der Waals surface area contributed by atoms with Gasteiger partial charge in [0.15, 0.2) is 0 Å². The summed E-state index contributed by atoms with van der Waals surface area (Å²) in [5.74, 6) is -0.273. The molecular formula is C20H32N2O4. The lowest BCUT2D eigenvalue weighted by Crippen LogP contribution is -2.50. The molecule has 0 fully saturated rings. The second-order valence-corrected chi connectivity index (χ2v) is 6.43. The number of aliphatic hydroxyl groups excluding tert-OH is 1. The van der Waals surface area contributed by atoms with Gasteiger partial charge in [-0.3, -0.25) is 4.79 Å². The maximum atomic E-state index is 12.5. The molecular weight excluding hydrogens is 332 g/mol. The molecule has 2 atom stereocenters. The van der Waals surface area contributed by atoms with E-state index >= 15 is 0 Å². The minimum atomic E-state index is -0.658. The number of ether oxygens (including phenoxy) is 1. The molecule has 26 heavy (non-hydrogen) atoms. The summed E-state index contributed by atoms with van der Waals surface area (Å²) < 4.78 is 5.21. The van der Waals surface area contributed by atoms with Crippen molar-refractivity contribution in [3.8, 4) is 0 Å². The Morgan fingerprint density at radius 1 is 1.04 bits per heavy atom. The fraction of sp³-hybridized carbons (Fsp3) is 0.600. The van der Waals surface area contributed by atoms with Crippen LogP contribution in [0.5, 0.6) is 0 Å².